The van der Waals surface area contributed by atoms with E-state index in [2.05, 4.69) is 15.6 Å². The maximum Gasteiger partial charge on any atom is 0.331 e. The lowest BCUT2D eigenvalue weighted by Crippen LogP contribution is -2.46. The Morgan fingerprint density at radius 2 is 2.03 bits per heavy atom. The molecule has 1 fully saturated rings. The summed E-state index contributed by atoms with van der Waals surface area (Å²) in [5, 5.41) is 14.8. The van der Waals surface area contributed by atoms with Crippen LogP contribution in [0.25, 0.3) is 10.4 Å². The number of hydrogen-bond donors (Lipinski definition) is 3. The number of halogens is 1. The highest BCUT2D eigenvalue weighted by atomic mass is 35.5. The van der Waals surface area contributed by atoms with Crippen molar-refractivity contribution in [2.45, 2.75) is 49.6 Å². The number of thiazole rings is 1. The number of nitrogens with zero attached hydrogens (tertiary/aromatic N) is 1. The molecule has 0 radical (unpaired) electrons. The fourth-order valence-corrected chi connectivity index (χ4v) is 5.63. The number of aliphatic hydroxyl groups is 1. The Kier molecular flexibility index (Phi) is 7.75. The molecule has 2 amide bonds. The first-order valence-corrected chi connectivity index (χ1v) is 13.0. The van der Waals surface area contributed by atoms with Gasteiger partial charge in [-0.05, 0) is 50.3 Å². The Morgan fingerprint density at radius 3 is 2.66 bits per heavy atom. The predicted octanol–water partition coefficient (Wildman–Crippen LogP) is 3.14. The molecule has 1 atom stereocenters. The summed E-state index contributed by atoms with van der Waals surface area (Å²) in [6, 6.07) is 2.71. The summed E-state index contributed by atoms with van der Waals surface area (Å²) < 4.78 is 29.2. The minimum Gasteiger partial charge on any atom is -0.461 e. The van der Waals surface area contributed by atoms with E-state index < -0.39 is 34.5 Å². The van der Waals surface area contributed by atoms with E-state index in [1.807, 2.05) is 0 Å². The molecule has 12 heteroatoms. The first-order valence-electron chi connectivity index (χ1n) is 9.94. The molecule has 1 aromatic heterocycles. The first-order chi connectivity index (χ1) is 15.1. The van der Waals surface area contributed by atoms with Crippen LogP contribution in [0.1, 0.15) is 31.4 Å². The molecule has 174 valence electrons. The molecule has 1 saturated carbocycles. The van der Waals surface area contributed by atoms with E-state index in [1.54, 1.807) is 13.0 Å². The van der Waals surface area contributed by atoms with Gasteiger partial charge in [0.25, 0.3) is 0 Å². The second kappa shape index (κ2) is 10.2. The number of nitrogens with one attached hydrogen (secondary N) is 2. The van der Waals surface area contributed by atoms with Gasteiger partial charge in [0, 0.05) is 6.26 Å². The highest BCUT2D eigenvalue weighted by molar-refractivity contribution is 7.90. The van der Waals surface area contributed by atoms with Crippen LogP contribution >= 0.6 is 22.9 Å². The SMILES string of the molecule is Cc1nc(NC(=O)NC(CO)C(=O)OC2CCCC2)sc1-c1ccc(Cl)c(S(C)(=O)=O)c1. The summed E-state index contributed by atoms with van der Waals surface area (Å²) in [5.41, 5.74) is 1.16. The molecule has 1 aliphatic carbocycles. The summed E-state index contributed by atoms with van der Waals surface area (Å²) in [7, 11) is -3.52. The Hall–Kier alpha value is -2.21. The van der Waals surface area contributed by atoms with Crippen LogP contribution in [0, 0.1) is 6.92 Å². The molecule has 1 aromatic carbocycles. The van der Waals surface area contributed by atoms with E-state index >= 15 is 0 Å². The zero-order chi connectivity index (χ0) is 23.5. The fraction of sp³-hybridized carbons (Fsp3) is 0.450. The van der Waals surface area contributed by atoms with Crippen molar-refractivity contribution in [2.24, 2.45) is 0 Å². The lowest BCUT2D eigenvalue weighted by atomic mass is 10.2. The van der Waals surface area contributed by atoms with Gasteiger partial charge in [-0.1, -0.05) is 29.0 Å². The van der Waals surface area contributed by atoms with Crippen molar-refractivity contribution in [3.63, 3.8) is 0 Å². The van der Waals surface area contributed by atoms with E-state index in [1.165, 1.54) is 12.1 Å². The number of esters is 1. The van der Waals surface area contributed by atoms with E-state index in [4.69, 9.17) is 16.3 Å². The zero-order valence-electron chi connectivity index (χ0n) is 17.6. The average Bonchev–Trinajstić information content (AvgIpc) is 3.35. The molecule has 0 saturated heterocycles. The molecule has 32 heavy (non-hydrogen) atoms. The Balaban J connectivity index is 1.69. The monoisotopic (exact) mass is 501 g/mol. The molecule has 3 rings (SSSR count). The standard InChI is InChI=1S/C20H24ClN3O6S2/c1-11-17(12-7-8-14(21)16(9-12)32(2,28)29)31-20(22-11)24-19(27)23-15(10-25)18(26)30-13-5-3-4-6-13/h7-9,13,15,25H,3-6,10H2,1-2H3,(H2,22,23,24,27). The average molecular weight is 502 g/mol. The lowest BCUT2D eigenvalue weighted by Gasteiger charge is -2.18. The van der Waals surface area contributed by atoms with E-state index in [9.17, 15) is 23.1 Å². The smallest absolute Gasteiger partial charge is 0.331 e. The molecule has 0 spiro atoms. The van der Waals surface area contributed by atoms with Gasteiger partial charge >= 0.3 is 12.0 Å². The van der Waals surface area contributed by atoms with Crippen LogP contribution in [0.2, 0.25) is 5.02 Å². The third-order valence-corrected chi connectivity index (χ3v) is 7.67. The van der Waals surface area contributed by atoms with Crippen LogP contribution in [0.4, 0.5) is 9.93 Å². The number of carbonyl (C=O) groups excluding carboxylic acids is 2. The number of ether oxygens (including phenoxy) is 1. The first kappa shape index (κ1) is 24.4. The van der Waals surface area contributed by atoms with Crippen LogP contribution < -0.4 is 10.6 Å². The van der Waals surface area contributed by atoms with Crippen molar-refractivity contribution in [3.05, 3.63) is 28.9 Å². The molecule has 1 aliphatic rings. The molecule has 9 nitrogen and oxygen atoms in total. The number of anilines is 1. The fourth-order valence-electron chi connectivity index (χ4n) is 3.37. The van der Waals surface area contributed by atoms with Crippen LogP contribution in [-0.4, -0.2) is 55.5 Å². The van der Waals surface area contributed by atoms with Gasteiger partial charge in [-0.3, -0.25) is 5.32 Å². The second-order valence-corrected chi connectivity index (χ2v) is 10.9. The summed E-state index contributed by atoms with van der Waals surface area (Å²) in [6.45, 7) is 1.12. The number of benzene rings is 1. The number of sulfone groups is 1. The highest BCUT2D eigenvalue weighted by Crippen LogP contribution is 2.35. The van der Waals surface area contributed by atoms with Gasteiger partial charge in [0.05, 0.1) is 27.1 Å². The molecule has 0 bridgehead atoms. The number of aliphatic hydroxyl groups excluding tert-OH is 1. The summed E-state index contributed by atoms with van der Waals surface area (Å²) >= 11 is 7.14. The van der Waals surface area contributed by atoms with Crippen molar-refractivity contribution >= 4 is 49.9 Å². The Labute approximate surface area is 195 Å². The Morgan fingerprint density at radius 1 is 1.34 bits per heavy atom. The third-order valence-electron chi connectivity index (χ3n) is 4.97. The van der Waals surface area contributed by atoms with Crippen molar-refractivity contribution in [1.82, 2.24) is 10.3 Å². The van der Waals surface area contributed by atoms with E-state index in [0.29, 0.717) is 16.1 Å². The normalized spacial score (nSPS) is 15.4. The maximum atomic E-state index is 12.3. The van der Waals surface area contributed by atoms with Crippen molar-refractivity contribution in [1.29, 1.82) is 0 Å². The molecule has 3 N–H and O–H groups in total. The molecule has 1 heterocycles. The number of amides is 2. The topological polar surface area (TPSA) is 135 Å². The van der Waals surface area contributed by atoms with Crippen molar-refractivity contribution in [2.75, 3.05) is 18.2 Å². The van der Waals surface area contributed by atoms with Crippen molar-refractivity contribution in [3.8, 4) is 10.4 Å². The Bertz CT molecular complexity index is 1110. The van der Waals surface area contributed by atoms with Gasteiger partial charge in [0.15, 0.2) is 21.0 Å². The summed E-state index contributed by atoms with van der Waals surface area (Å²) in [4.78, 5) is 29.5. The van der Waals surface area contributed by atoms with Gasteiger partial charge in [-0.25, -0.2) is 23.0 Å². The number of carbonyl (C=O) groups is 2. The van der Waals surface area contributed by atoms with Crippen LogP contribution in [0.15, 0.2) is 23.1 Å². The lowest BCUT2D eigenvalue weighted by molar-refractivity contribution is -0.152. The molecular weight excluding hydrogens is 478 g/mol. The number of aromatic nitrogens is 1. The largest absolute Gasteiger partial charge is 0.461 e. The molecule has 2 aromatic rings. The predicted molar refractivity (Wildman–Crippen MR) is 122 cm³/mol. The third kappa shape index (κ3) is 5.97. The van der Waals surface area contributed by atoms with Gasteiger partial charge < -0.3 is 15.2 Å². The summed E-state index contributed by atoms with van der Waals surface area (Å²) in [6.07, 6.45) is 4.43. The summed E-state index contributed by atoms with van der Waals surface area (Å²) in [5.74, 6) is -0.681. The van der Waals surface area contributed by atoms with Crippen LogP contribution in [0.5, 0.6) is 0 Å². The highest BCUT2D eigenvalue weighted by Gasteiger charge is 2.27. The number of urea groups is 1. The van der Waals surface area contributed by atoms with Crippen LogP contribution in [0.3, 0.4) is 0 Å². The van der Waals surface area contributed by atoms with Crippen LogP contribution in [-0.2, 0) is 19.4 Å². The zero-order valence-corrected chi connectivity index (χ0v) is 19.9. The molecule has 1 unspecified atom stereocenters. The van der Waals surface area contributed by atoms with Gasteiger partial charge in [-0.2, -0.15) is 0 Å². The van der Waals surface area contributed by atoms with Gasteiger partial charge in [-0.15, -0.1) is 0 Å². The van der Waals surface area contributed by atoms with Crippen molar-refractivity contribution < 1.29 is 27.9 Å². The van der Waals surface area contributed by atoms with E-state index in [-0.39, 0.29) is 21.2 Å². The number of hydrogen-bond acceptors (Lipinski definition) is 8. The number of rotatable bonds is 7. The number of aryl methyl sites for hydroxylation is 1. The van der Waals surface area contributed by atoms with E-state index in [0.717, 1.165) is 43.3 Å². The van der Waals surface area contributed by atoms with Gasteiger partial charge in [0.2, 0.25) is 0 Å². The quantitative estimate of drug-likeness (QED) is 0.496. The molecule has 0 aliphatic heterocycles. The second-order valence-electron chi connectivity index (χ2n) is 7.53. The minimum absolute atomic E-state index is 0.00304. The minimum atomic E-state index is -3.52. The molecular formula is C20H24ClN3O6S2. The van der Waals surface area contributed by atoms with Gasteiger partial charge in [0.1, 0.15) is 6.10 Å². The maximum absolute atomic E-state index is 12.3.